The van der Waals surface area contributed by atoms with Crippen LogP contribution in [0.1, 0.15) is 19.8 Å². The fraction of sp³-hybridized carbons (Fsp3) is 0.400. The van der Waals surface area contributed by atoms with Crippen LogP contribution in [-0.4, -0.2) is 25.8 Å². The molecule has 0 bridgehead atoms. The van der Waals surface area contributed by atoms with Crippen LogP contribution >= 0.6 is 0 Å². The second kappa shape index (κ2) is 4.96. The molecule has 1 heterocycles. The minimum absolute atomic E-state index is 0.000553. The van der Waals surface area contributed by atoms with E-state index in [4.69, 9.17) is 4.42 Å². The van der Waals surface area contributed by atoms with Crippen molar-refractivity contribution in [2.45, 2.75) is 30.7 Å². The summed E-state index contributed by atoms with van der Waals surface area (Å²) in [5.41, 5.74) is -0.0584. The van der Waals surface area contributed by atoms with Gasteiger partial charge in [0, 0.05) is 24.5 Å². The summed E-state index contributed by atoms with van der Waals surface area (Å²) in [5.74, 6) is 0.461. The van der Waals surface area contributed by atoms with Crippen molar-refractivity contribution in [1.82, 2.24) is 4.31 Å². The fourth-order valence-corrected chi connectivity index (χ4v) is 3.93. The van der Waals surface area contributed by atoms with Gasteiger partial charge in [0.05, 0.1) is 4.90 Å². The topological polar surface area (TPSA) is 67.6 Å². The second-order valence-electron chi connectivity index (χ2n) is 5.55. The summed E-state index contributed by atoms with van der Waals surface area (Å²) in [6, 6.07) is 7.42. The molecule has 5 nitrogen and oxygen atoms in total. The Kier molecular flexibility index (Phi) is 3.37. The van der Waals surface area contributed by atoms with E-state index in [1.807, 2.05) is 6.92 Å². The summed E-state index contributed by atoms with van der Waals surface area (Å²) < 4.78 is 31.8. The Morgan fingerprint density at radius 3 is 2.62 bits per heavy atom. The predicted octanol–water partition coefficient (Wildman–Crippen LogP) is 2.21. The van der Waals surface area contributed by atoms with E-state index in [-0.39, 0.29) is 10.9 Å². The van der Waals surface area contributed by atoms with Crippen LogP contribution in [0.2, 0.25) is 0 Å². The van der Waals surface area contributed by atoms with Gasteiger partial charge < -0.3 is 4.42 Å². The molecule has 0 aliphatic heterocycles. The highest BCUT2D eigenvalue weighted by atomic mass is 32.2. The van der Waals surface area contributed by atoms with Crippen LogP contribution < -0.4 is 5.63 Å². The predicted molar refractivity (Wildman–Crippen MR) is 79.6 cm³/mol. The first-order valence-electron chi connectivity index (χ1n) is 6.91. The maximum atomic E-state index is 12.7. The van der Waals surface area contributed by atoms with Crippen molar-refractivity contribution in [3.05, 3.63) is 40.8 Å². The van der Waals surface area contributed by atoms with Gasteiger partial charge in [-0.1, -0.05) is 0 Å². The number of nitrogens with zero attached hydrogens (tertiary/aromatic N) is 1. The van der Waals surface area contributed by atoms with Crippen LogP contribution in [0, 0.1) is 5.92 Å². The van der Waals surface area contributed by atoms with E-state index < -0.39 is 15.6 Å². The quantitative estimate of drug-likeness (QED) is 0.812. The van der Waals surface area contributed by atoms with E-state index in [0.29, 0.717) is 16.9 Å². The third kappa shape index (κ3) is 2.61. The molecule has 21 heavy (non-hydrogen) atoms. The van der Waals surface area contributed by atoms with Gasteiger partial charge in [-0.25, -0.2) is 13.2 Å². The second-order valence-corrected chi connectivity index (χ2v) is 7.55. The largest absolute Gasteiger partial charge is 0.423 e. The van der Waals surface area contributed by atoms with Gasteiger partial charge in [-0.05, 0) is 49.9 Å². The molecule has 0 radical (unpaired) electrons. The Hall–Kier alpha value is -1.66. The Labute approximate surface area is 123 Å². The van der Waals surface area contributed by atoms with E-state index in [2.05, 4.69) is 0 Å². The molecule has 1 aromatic heterocycles. The number of hydrogen-bond acceptors (Lipinski definition) is 4. The molecule has 1 saturated carbocycles. The first kappa shape index (κ1) is 14.3. The Morgan fingerprint density at radius 2 is 1.95 bits per heavy atom. The van der Waals surface area contributed by atoms with E-state index in [9.17, 15) is 13.2 Å². The SMILES string of the molecule is CC(C1CC1)N(C)S(=O)(=O)c1ccc2oc(=O)ccc2c1. The number of fused-ring (bicyclic) bond motifs is 1. The number of benzene rings is 1. The van der Waals surface area contributed by atoms with Crippen molar-refractivity contribution in [2.24, 2.45) is 5.92 Å². The lowest BCUT2D eigenvalue weighted by atomic mass is 10.2. The average Bonchev–Trinajstić information content (AvgIpc) is 3.29. The molecule has 0 amide bonds. The molecule has 3 rings (SSSR count). The maximum Gasteiger partial charge on any atom is 0.336 e. The van der Waals surface area contributed by atoms with Gasteiger partial charge in [0.25, 0.3) is 0 Å². The fourth-order valence-electron chi connectivity index (χ4n) is 2.47. The zero-order chi connectivity index (χ0) is 15.2. The molecule has 2 aromatic rings. The van der Waals surface area contributed by atoms with Crippen LogP contribution in [0.3, 0.4) is 0 Å². The smallest absolute Gasteiger partial charge is 0.336 e. The number of hydrogen-bond donors (Lipinski definition) is 0. The molecule has 112 valence electrons. The van der Waals surface area contributed by atoms with Crippen LogP contribution in [-0.2, 0) is 10.0 Å². The van der Waals surface area contributed by atoms with E-state index in [0.717, 1.165) is 12.8 Å². The lowest BCUT2D eigenvalue weighted by Crippen LogP contribution is -2.36. The van der Waals surface area contributed by atoms with E-state index >= 15 is 0 Å². The molecule has 1 aliphatic carbocycles. The normalized spacial score (nSPS) is 17.3. The van der Waals surface area contributed by atoms with Gasteiger partial charge in [0.1, 0.15) is 5.58 Å². The monoisotopic (exact) mass is 307 g/mol. The van der Waals surface area contributed by atoms with E-state index in [1.165, 1.54) is 22.5 Å². The summed E-state index contributed by atoms with van der Waals surface area (Å²) in [6.07, 6.45) is 2.17. The first-order chi connectivity index (χ1) is 9.89. The average molecular weight is 307 g/mol. The highest BCUT2D eigenvalue weighted by molar-refractivity contribution is 7.89. The highest BCUT2D eigenvalue weighted by Gasteiger charge is 2.36. The molecular formula is C15H17NO4S. The molecule has 1 unspecified atom stereocenters. The first-order valence-corrected chi connectivity index (χ1v) is 8.35. The zero-order valence-corrected chi connectivity index (χ0v) is 12.8. The molecule has 0 spiro atoms. The Bertz CT molecular complexity index is 836. The summed E-state index contributed by atoms with van der Waals surface area (Å²) in [5, 5.41) is 0.600. The van der Waals surface area contributed by atoms with Gasteiger partial charge in [-0.2, -0.15) is 4.31 Å². The van der Waals surface area contributed by atoms with Crippen molar-refractivity contribution < 1.29 is 12.8 Å². The third-order valence-electron chi connectivity index (χ3n) is 4.15. The number of sulfonamides is 1. The van der Waals surface area contributed by atoms with Crippen molar-refractivity contribution >= 4 is 21.0 Å². The lowest BCUT2D eigenvalue weighted by molar-refractivity contribution is 0.357. The molecule has 1 fully saturated rings. The molecule has 0 saturated heterocycles. The maximum absolute atomic E-state index is 12.7. The van der Waals surface area contributed by atoms with Gasteiger partial charge in [0.15, 0.2) is 0 Å². The summed E-state index contributed by atoms with van der Waals surface area (Å²) >= 11 is 0. The van der Waals surface area contributed by atoms with Gasteiger partial charge in [0.2, 0.25) is 10.0 Å². The minimum atomic E-state index is -3.53. The van der Waals surface area contributed by atoms with Crippen molar-refractivity contribution in [1.29, 1.82) is 0 Å². The van der Waals surface area contributed by atoms with Crippen LogP contribution in [0.25, 0.3) is 11.0 Å². The summed E-state index contributed by atoms with van der Waals surface area (Å²) in [6.45, 7) is 1.94. The summed E-state index contributed by atoms with van der Waals surface area (Å²) in [7, 11) is -1.91. The third-order valence-corrected chi connectivity index (χ3v) is 6.09. The minimum Gasteiger partial charge on any atom is -0.423 e. The lowest BCUT2D eigenvalue weighted by Gasteiger charge is -2.24. The van der Waals surface area contributed by atoms with Gasteiger partial charge in [-0.15, -0.1) is 0 Å². The zero-order valence-electron chi connectivity index (χ0n) is 11.9. The number of rotatable bonds is 4. The molecule has 1 aromatic carbocycles. The molecule has 1 aliphatic rings. The summed E-state index contributed by atoms with van der Waals surface area (Å²) in [4.78, 5) is 11.4. The van der Waals surface area contributed by atoms with Crippen molar-refractivity contribution in [3.63, 3.8) is 0 Å². The van der Waals surface area contributed by atoms with Gasteiger partial charge >= 0.3 is 5.63 Å². The molecule has 6 heteroatoms. The standard InChI is InChI=1S/C15H17NO4S/c1-10(11-3-4-11)16(2)21(18,19)13-6-7-14-12(9-13)5-8-15(17)20-14/h5-11H,3-4H2,1-2H3. The molecular weight excluding hydrogens is 290 g/mol. The van der Waals surface area contributed by atoms with E-state index in [1.54, 1.807) is 19.2 Å². The highest BCUT2D eigenvalue weighted by Crippen LogP contribution is 2.36. The van der Waals surface area contributed by atoms with Crippen LogP contribution in [0.5, 0.6) is 0 Å². The molecule has 1 atom stereocenters. The van der Waals surface area contributed by atoms with Crippen LogP contribution in [0.4, 0.5) is 0 Å². The van der Waals surface area contributed by atoms with Crippen LogP contribution in [0.15, 0.2) is 44.4 Å². The molecule has 0 N–H and O–H groups in total. The Balaban J connectivity index is 2.01. The van der Waals surface area contributed by atoms with Gasteiger partial charge in [-0.3, -0.25) is 0 Å². The van der Waals surface area contributed by atoms with Crippen molar-refractivity contribution in [3.8, 4) is 0 Å². The Morgan fingerprint density at radius 1 is 1.24 bits per heavy atom. The van der Waals surface area contributed by atoms with Crippen molar-refractivity contribution in [2.75, 3.05) is 7.05 Å².